The molecule has 0 bridgehead atoms. The van der Waals surface area contributed by atoms with Gasteiger partial charge in [0.05, 0.1) is 5.69 Å². The molecule has 1 aromatic carbocycles. The summed E-state index contributed by atoms with van der Waals surface area (Å²) in [5, 5.41) is 0. The van der Waals surface area contributed by atoms with Crippen LogP contribution in [-0.2, 0) is 9.53 Å². The molecule has 0 amide bonds. The highest BCUT2D eigenvalue weighted by Gasteiger charge is 2.21. The van der Waals surface area contributed by atoms with Crippen molar-refractivity contribution in [3.63, 3.8) is 0 Å². The van der Waals surface area contributed by atoms with Crippen LogP contribution < -0.4 is 0 Å². The van der Waals surface area contributed by atoms with Crippen LogP contribution in [0.2, 0.25) is 0 Å². The van der Waals surface area contributed by atoms with Gasteiger partial charge in [-0.05, 0) is 32.4 Å². The van der Waals surface area contributed by atoms with Crippen LogP contribution >= 0.6 is 0 Å². The summed E-state index contributed by atoms with van der Waals surface area (Å²) in [6.45, 7) is 5.56. The first kappa shape index (κ1) is 12.6. The number of ether oxygens (including phenoxy) is 1. The van der Waals surface area contributed by atoms with Crippen LogP contribution in [0.25, 0.3) is 6.08 Å². The Morgan fingerprint density at radius 3 is 2.72 bits per heavy atom. The summed E-state index contributed by atoms with van der Waals surface area (Å²) in [5.74, 6) is -0.344. The lowest BCUT2D eigenvalue weighted by molar-refractivity contribution is -0.146. The zero-order valence-corrected chi connectivity index (χ0v) is 10.9. The Morgan fingerprint density at radius 2 is 2.00 bits per heavy atom. The zero-order valence-electron chi connectivity index (χ0n) is 10.9. The van der Waals surface area contributed by atoms with E-state index in [0.29, 0.717) is 12.1 Å². The highest BCUT2D eigenvalue weighted by atomic mass is 16.6. The van der Waals surface area contributed by atoms with E-state index in [2.05, 4.69) is 4.99 Å². The maximum absolute atomic E-state index is 12.0. The lowest BCUT2D eigenvalue weighted by Crippen LogP contribution is -2.28. The molecular formula is C15H17NO2. The number of aliphatic imine (C=N–C) groups is 1. The Bertz CT molecular complexity index is 522. The van der Waals surface area contributed by atoms with Crippen molar-refractivity contribution in [2.24, 2.45) is 4.99 Å². The molecule has 1 aliphatic heterocycles. The molecule has 0 saturated heterocycles. The number of esters is 1. The lowest BCUT2D eigenvalue weighted by Gasteiger charge is -2.19. The molecule has 0 fully saturated rings. The molecule has 1 aromatic rings. The summed E-state index contributed by atoms with van der Waals surface area (Å²) >= 11 is 0. The lowest BCUT2D eigenvalue weighted by atomic mass is 10.1. The third-order valence-electron chi connectivity index (χ3n) is 2.44. The Hall–Kier alpha value is -1.90. The molecule has 1 heterocycles. The predicted molar refractivity (Wildman–Crippen MR) is 73.0 cm³/mol. The molecule has 18 heavy (non-hydrogen) atoms. The first-order chi connectivity index (χ1) is 8.46. The van der Waals surface area contributed by atoms with Crippen molar-refractivity contribution in [1.82, 2.24) is 0 Å². The fourth-order valence-corrected chi connectivity index (χ4v) is 1.68. The summed E-state index contributed by atoms with van der Waals surface area (Å²) in [7, 11) is 0. The van der Waals surface area contributed by atoms with Crippen LogP contribution in [-0.4, -0.2) is 17.3 Å². The van der Waals surface area contributed by atoms with Gasteiger partial charge in [-0.1, -0.05) is 30.4 Å². The third kappa shape index (κ3) is 3.06. The van der Waals surface area contributed by atoms with Crippen molar-refractivity contribution in [1.29, 1.82) is 0 Å². The van der Waals surface area contributed by atoms with Crippen LogP contribution in [0.15, 0.2) is 35.3 Å². The summed E-state index contributed by atoms with van der Waals surface area (Å²) in [6.07, 6.45) is 4.42. The second-order valence-electron chi connectivity index (χ2n) is 5.23. The van der Waals surface area contributed by atoms with Gasteiger partial charge in [0, 0.05) is 6.42 Å². The van der Waals surface area contributed by atoms with Gasteiger partial charge in [0.25, 0.3) is 0 Å². The van der Waals surface area contributed by atoms with Crippen molar-refractivity contribution in [2.45, 2.75) is 32.8 Å². The number of hydrogen-bond donors (Lipinski definition) is 0. The molecular weight excluding hydrogens is 226 g/mol. The molecule has 3 heteroatoms. The maximum atomic E-state index is 12.0. The topological polar surface area (TPSA) is 38.7 Å². The smallest absolute Gasteiger partial charge is 0.353 e. The monoisotopic (exact) mass is 243 g/mol. The van der Waals surface area contributed by atoms with Crippen LogP contribution in [0.1, 0.15) is 32.8 Å². The minimum atomic E-state index is -0.491. The maximum Gasteiger partial charge on any atom is 0.353 e. The van der Waals surface area contributed by atoms with Gasteiger partial charge < -0.3 is 4.74 Å². The van der Waals surface area contributed by atoms with E-state index in [1.54, 1.807) is 0 Å². The van der Waals surface area contributed by atoms with Gasteiger partial charge >= 0.3 is 5.97 Å². The summed E-state index contributed by atoms with van der Waals surface area (Å²) in [4.78, 5) is 16.4. The molecule has 94 valence electrons. The summed E-state index contributed by atoms with van der Waals surface area (Å²) in [6, 6.07) is 7.74. The van der Waals surface area contributed by atoms with Gasteiger partial charge in [-0.25, -0.2) is 9.79 Å². The van der Waals surface area contributed by atoms with E-state index in [0.717, 1.165) is 11.3 Å². The molecule has 0 spiro atoms. The van der Waals surface area contributed by atoms with E-state index in [1.807, 2.05) is 57.2 Å². The highest BCUT2D eigenvalue weighted by molar-refractivity contribution is 6.37. The number of rotatable bonds is 1. The molecule has 0 N–H and O–H groups in total. The normalized spacial score (nSPS) is 14.5. The Balaban J connectivity index is 2.29. The first-order valence-electron chi connectivity index (χ1n) is 6.02. The summed E-state index contributed by atoms with van der Waals surface area (Å²) < 4.78 is 5.34. The molecule has 0 saturated carbocycles. The van der Waals surface area contributed by atoms with Gasteiger partial charge in [0.2, 0.25) is 0 Å². The summed E-state index contributed by atoms with van der Waals surface area (Å²) in [5.41, 5.74) is 1.80. The molecule has 0 atom stereocenters. The second kappa shape index (κ2) is 4.77. The average Bonchev–Trinajstić information content (AvgIpc) is 2.48. The molecule has 1 aliphatic rings. The standard InChI is InChI=1S/C15H17NO2/c1-15(2,3)18-14(17)13-10-6-8-11-7-4-5-9-12(11)16-13/h4-9H,10H2,1-3H3. The van der Waals surface area contributed by atoms with Crippen molar-refractivity contribution in [3.05, 3.63) is 35.9 Å². The molecule has 3 nitrogen and oxygen atoms in total. The van der Waals surface area contributed by atoms with E-state index in [-0.39, 0.29) is 5.97 Å². The van der Waals surface area contributed by atoms with Gasteiger partial charge in [0.1, 0.15) is 11.3 Å². The van der Waals surface area contributed by atoms with Crippen molar-refractivity contribution in [3.8, 4) is 0 Å². The van der Waals surface area contributed by atoms with E-state index < -0.39 is 5.60 Å². The van der Waals surface area contributed by atoms with E-state index >= 15 is 0 Å². The van der Waals surface area contributed by atoms with E-state index in [9.17, 15) is 4.79 Å². The fourth-order valence-electron chi connectivity index (χ4n) is 1.68. The minimum Gasteiger partial charge on any atom is -0.455 e. The number of nitrogens with zero attached hydrogens (tertiary/aromatic N) is 1. The quantitative estimate of drug-likeness (QED) is 0.708. The highest BCUT2D eigenvalue weighted by Crippen LogP contribution is 2.24. The molecule has 0 unspecified atom stereocenters. The molecule has 0 aliphatic carbocycles. The number of para-hydroxylation sites is 1. The van der Waals surface area contributed by atoms with Crippen LogP contribution in [0.5, 0.6) is 0 Å². The number of carbonyl (C=O) groups excluding carboxylic acids is 1. The number of hydrogen-bond acceptors (Lipinski definition) is 3. The number of allylic oxidation sites excluding steroid dienone is 1. The van der Waals surface area contributed by atoms with E-state index in [1.165, 1.54) is 0 Å². The van der Waals surface area contributed by atoms with Gasteiger partial charge in [-0.3, -0.25) is 0 Å². The second-order valence-corrected chi connectivity index (χ2v) is 5.23. The SMILES string of the molecule is CC(C)(C)OC(=O)C1=Nc2ccccc2C=CC1. The number of carbonyl (C=O) groups is 1. The van der Waals surface area contributed by atoms with Crippen molar-refractivity contribution < 1.29 is 9.53 Å². The van der Waals surface area contributed by atoms with Crippen molar-refractivity contribution >= 4 is 23.4 Å². The predicted octanol–water partition coefficient (Wildman–Crippen LogP) is 3.52. The Kier molecular flexibility index (Phi) is 3.32. The van der Waals surface area contributed by atoms with Crippen molar-refractivity contribution in [2.75, 3.05) is 0 Å². The largest absolute Gasteiger partial charge is 0.455 e. The van der Waals surface area contributed by atoms with Gasteiger partial charge in [-0.15, -0.1) is 0 Å². The molecule has 0 radical (unpaired) electrons. The van der Waals surface area contributed by atoms with Gasteiger partial charge in [0.15, 0.2) is 0 Å². The van der Waals surface area contributed by atoms with Crippen LogP contribution in [0, 0.1) is 0 Å². The number of benzene rings is 1. The first-order valence-corrected chi connectivity index (χ1v) is 6.02. The average molecular weight is 243 g/mol. The zero-order chi connectivity index (χ0) is 13.2. The Labute approximate surface area is 107 Å². The van der Waals surface area contributed by atoms with E-state index in [4.69, 9.17) is 4.74 Å². The van der Waals surface area contributed by atoms with Gasteiger partial charge in [-0.2, -0.15) is 0 Å². The van der Waals surface area contributed by atoms with Crippen LogP contribution in [0.4, 0.5) is 5.69 Å². The molecule has 0 aromatic heterocycles. The fraction of sp³-hybridized carbons (Fsp3) is 0.333. The van der Waals surface area contributed by atoms with Crippen LogP contribution in [0.3, 0.4) is 0 Å². The molecule has 2 rings (SSSR count). The Morgan fingerprint density at radius 1 is 1.28 bits per heavy atom. The minimum absolute atomic E-state index is 0.344. The number of fused-ring (bicyclic) bond motifs is 1. The third-order valence-corrected chi connectivity index (χ3v) is 2.44.